The molecule has 108 valence electrons. The third-order valence-corrected chi connectivity index (χ3v) is 3.97. The van der Waals surface area contributed by atoms with E-state index in [1.807, 2.05) is 0 Å². The minimum Gasteiger partial charge on any atom is -0.477 e. The molecule has 20 heavy (non-hydrogen) atoms. The molecule has 2 heterocycles. The van der Waals surface area contributed by atoms with E-state index >= 15 is 0 Å². The predicted octanol–water partition coefficient (Wildman–Crippen LogP) is 0.135. The van der Waals surface area contributed by atoms with Gasteiger partial charge in [0.2, 0.25) is 5.95 Å². The fraction of sp³-hybridized carbons (Fsp3) is 0.300. The Labute approximate surface area is 114 Å². The number of aromatic carboxylic acids is 1. The number of carbonyl (C=O) groups is 1. The number of aryl methyl sites for hydroxylation is 2. The maximum absolute atomic E-state index is 12.2. The number of hydrogen-bond donors (Lipinski definition) is 2. The molecular weight excluding hydrogens is 286 g/mol. The van der Waals surface area contributed by atoms with E-state index in [0.29, 0.717) is 6.54 Å². The van der Waals surface area contributed by atoms with Gasteiger partial charge in [-0.1, -0.05) is 0 Å². The van der Waals surface area contributed by atoms with Crippen molar-refractivity contribution in [3.05, 3.63) is 24.3 Å². The van der Waals surface area contributed by atoms with Crippen molar-refractivity contribution in [2.75, 3.05) is 4.72 Å². The second kappa shape index (κ2) is 4.96. The van der Waals surface area contributed by atoms with Gasteiger partial charge in [-0.3, -0.25) is 0 Å². The van der Waals surface area contributed by atoms with Crippen LogP contribution in [0.3, 0.4) is 0 Å². The highest BCUT2D eigenvalue weighted by molar-refractivity contribution is 7.92. The Morgan fingerprint density at radius 3 is 2.65 bits per heavy atom. The number of anilines is 1. The summed E-state index contributed by atoms with van der Waals surface area (Å²) in [4.78, 5) is 14.6. The van der Waals surface area contributed by atoms with Gasteiger partial charge in [-0.2, -0.15) is 10.1 Å². The summed E-state index contributed by atoms with van der Waals surface area (Å²) < 4.78 is 29.2. The molecule has 0 spiro atoms. The molecule has 0 aliphatic carbocycles. The smallest absolute Gasteiger partial charge is 0.352 e. The zero-order chi connectivity index (χ0) is 14.9. The van der Waals surface area contributed by atoms with E-state index in [-0.39, 0.29) is 16.5 Å². The maximum Gasteiger partial charge on any atom is 0.352 e. The van der Waals surface area contributed by atoms with Crippen LogP contribution in [-0.4, -0.2) is 38.8 Å². The van der Waals surface area contributed by atoms with E-state index in [1.165, 1.54) is 28.8 Å². The van der Waals surface area contributed by atoms with Crippen LogP contribution in [0, 0.1) is 0 Å². The third kappa shape index (κ3) is 2.50. The molecule has 0 amide bonds. The Morgan fingerprint density at radius 1 is 1.50 bits per heavy atom. The van der Waals surface area contributed by atoms with Crippen LogP contribution in [0.2, 0.25) is 0 Å². The lowest BCUT2D eigenvalue weighted by atomic mass is 10.4. The predicted molar refractivity (Wildman–Crippen MR) is 68.9 cm³/mol. The van der Waals surface area contributed by atoms with E-state index < -0.39 is 16.0 Å². The maximum atomic E-state index is 12.2. The van der Waals surface area contributed by atoms with Crippen molar-refractivity contribution in [2.24, 2.45) is 7.05 Å². The van der Waals surface area contributed by atoms with Crippen LogP contribution < -0.4 is 4.72 Å². The Bertz CT molecular complexity index is 746. The van der Waals surface area contributed by atoms with Crippen molar-refractivity contribution >= 4 is 21.9 Å². The number of nitrogens with one attached hydrogen (secondary N) is 1. The van der Waals surface area contributed by atoms with Crippen LogP contribution in [0.1, 0.15) is 17.4 Å². The highest BCUT2D eigenvalue weighted by Gasteiger charge is 2.22. The van der Waals surface area contributed by atoms with Crippen molar-refractivity contribution in [3.8, 4) is 0 Å². The summed E-state index contributed by atoms with van der Waals surface area (Å²) in [5, 5.41) is 12.8. The standard InChI is InChI=1S/C10H13N5O4S/c1-3-15-5-7(4-8(15)9(16)17)20(18,19)13-10-11-6-12-14(10)2/h4-6H,3H2,1-2H3,(H,16,17)(H,11,12,13). The number of carboxylic acid groups (broad SMARTS) is 1. The van der Waals surface area contributed by atoms with E-state index in [2.05, 4.69) is 14.8 Å². The molecule has 2 N–H and O–H groups in total. The zero-order valence-corrected chi connectivity index (χ0v) is 11.6. The van der Waals surface area contributed by atoms with Gasteiger partial charge in [-0.25, -0.2) is 22.6 Å². The van der Waals surface area contributed by atoms with Gasteiger partial charge in [0.25, 0.3) is 10.0 Å². The first-order valence-electron chi connectivity index (χ1n) is 5.65. The third-order valence-electron chi connectivity index (χ3n) is 2.68. The second-order valence-corrected chi connectivity index (χ2v) is 5.65. The molecule has 0 aromatic carbocycles. The Kier molecular flexibility index (Phi) is 3.49. The minimum atomic E-state index is -3.91. The second-order valence-electron chi connectivity index (χ2n) is 3.96. The Morgan fingerprint density at radius 2 is 2.20 bits per heavy atom. The quantitative estimate of drug-likeness (QED) is 0.810. The van der Waals surface area contributed by atoms with Crippen LogP contribution >= 0.6 is 0 Å². The van der Waals surface area contributed by atoms with Crippen molar-refractivity contribution in [3.63, 3.8) is 0 Å². The molecule has 0 aliphatic rings. The first-order valence-corrected chi connectivity index (χ1v) is 7.13. The lowest BCUT2D eigenvalue weighted by Crippen LogP contribution is -2.15. The van der Waals surface area contributed by atoms with Crippen LogP contribution in [0.25, 0.3) is 0 Å². The molecule has 10 heteroatoms. The summed E-state index contributed by atoms with van der Waals surface area (Å²) in [7, 11) is -2.38. The summed E-state index contributed by atoms with van der Waals surface area (Å²) in [6.45, 7) is 2.07. The van der Waals surface area contributed by atoms with Crippen molar-refractivity contribution in [1.82, 2.24) is 19.3 Å². The molecule has 0 radical (unpaired) electrons. The van der Waals surface area contributed by atoms with Crippen LogP contribution in [0.4, 0.5) is 5.95 Å². The number of carboxylic acids is 1. The summed E-state index contributed by atoms with van der Waals surface area (Å²) in [5.41, 5.74) is -0.0918. The van der Waals surface area contributed by atoms with Crippen LogP contribution in [0.15, 0.2) is 23.5 Å². The molecule has 2 aromatic rings. The molecule has 0 aliphatic heterocycles. The molecule has 0 saturated carbocycles. The number of sulfonamides is 1. The zero-order valence-electron chi connectivity index (χ0n) is 10.8. The monoisotopic (exact) mass is 299 g/mol. The van der Waals surface area contributed by atoms with Gasteiger partial charge < -0.3 is 9.67 Å². The SMILES string of the molecule is CCn1cc(S(=O)(=O)Nc2ncnn2C)cc1C(=O)O. The van der Waals surface area contributed by atoms with Crippen LogP contribution in [-0.2, 0) is 23.6 Å². The van der Waals surface area contributed by atoms with Gasteiger partial charge in [0.1, 0.15) is 16.9 Å². The number of hydrogen-bond acceptors (Lipinski definition) is 5. The van der Waals surface area contributed by atoms with Gasteiger partial charge >= 0.3 is 5.97 Å². The largest absolute Gasteiger partial charge is 0.477 e. The van der Waals surface area contributed by atoms with E-state index in [0.717, 1.165) is 6.07 Å². The molecule has 2 rings (SSSR count). The van der Waals surface area contributed by atoms with Crippen molar-refractivity contribution in [1.29, 1.82) is 0 Å². The average molecular weight is 299 g/mol. The van der Waals surface area contributed by atoms with Crippen LogP contribution in [0.5, 0.6) is 0 Å². The summed E-state index contributed by atoms with van der Waals surface area (Å²) in [6.07, 6.45) is 2.47. The molecule has 0 unspecified atom stereocenters. The molecule has 0 atom stereocenters. The Hall–Kier alpha value is -2.36. The normalized spacial score (nSPS) is 11.5. The lowest BCUT2D eigenvalue weighted by Gasteiger charge is -2.04. The average Bonchev–Trinajstić information content (AvgIpc) is 2.96. The summed E-state index contributed by atoms with van der Waals surface area (Å²) in [5.74, 6) is -1.14. The number of aromatic nitrogens is 4. The van der Waals surface area contributed by atoms with Gasteiger partial charge in [0.15, 0.2) is 0 Å². The van der Waals surface area contributed by atoms with Gasteiger partial charge in [0.05, 0.1) is 0 Å². The first kappa shape index (κ1) is 14.1. The van der Waals surface area contributed by atoms with E-state index in [4.69, 9.17) is 5.11 Å². The summed E-state index contributed by atoms with van der Waals surface area (Å²) in [6, 6.07) is 1.10. The topological polar surface area (TPSA) is 119 Å². The van der Waals surface area contributed by atoms with Crippen molar-refractivity contribution < 1.29 is 18.3 Å². The molecule has 0 fully saturated rings. The molecular formula is C10H13N5O4S. The first-order chi connectivity index (χ1) is 9.35. The molecule has 0 saturated heterocycles. The van der Waals surface area contributed by atoms with E-state index in [1.54, 1.807) is 6.92 Å². The molecule has 2 aromatic heterocycles. The lowest BCUT2D eigenvalue weighted by molar-refractivity contribution is 0.0685. The minimum absolute atomic E-state index is 0.0473. The molecule has 9 nitrogen and oxygen atoms in total. The highest BCUT2D eigenvalue weighted by atomic mass is 32.2. The van der Waals surface area contributed by atoms with E-state index in [9.17, 15) is 13.2 Å². The highest BCUT2D eigenvalue weighted by Crippen LogP contribution is 2.17. The molecule has 0 bridgehead atoms. The van der Waals surface area contributed by atoms with Gasteiger partial charge in [-0.05, 0) is 13.0 Å². The number of rotatable bonds is 5. The van der Waals surface area contributed by atoms with Gasteiger partial charge in [0, 0.05) is 19.8 Å². The van der Waals surface area contributed by atoms with Crippen molar-refractivity contribution in [2.45, 2.75) is 18.4 Å². The summed E-state index contributed by atoms with van der Waals surface area (Å²) >= 11 is 0. The Balaban J connectivity index is 2.40. The fourth-order valence-electron chi connectivity index (χ4n) is 1.64. The van der Waals surface area contributed by atoms with Gasteiger partial charge in [-0.15, -0.1) is 0 Å². The number of nitrogens with zero attached hydrogens (tertiary/aromatic N) is 4. The fourth-order valence-corrected chi connectivity index (χ4v) is 2.71.